The van der Waals surface area contributed by atoms with Crippen LogP contribution in [0.5, 0.6) is 5.75 Å². The van der Waals surface area contributed by atoms with Gasteiger partial charge in [0.15, 0.2) is 0 Å². The van der Waals surface area contributed by atoms with E-state index in [1.165, 1.54) is 17.7 Å². The second kappa shape index (κ2) is 16.2. The third-order valence-corrected chi connectivity index (χ3v) is 7.01. The number of aryl methyl sites for hydroxylation is 1. The molecule has 8 heteroatoms. The summed E-state index contributed by atoms with van der Waals surface area (Å²) in [5.41, 5.74) is 3.00. The molecule has 0 saturated heterocycles. The van der Waals surface area contributed by atoms with Gasteiger partial charge in [0.2, 0.25) is 11.8 Å². The molecule has 1 heterocycles. The molecule has 0 fully saturated rings. The van der Waals surface area contributed by atoms with Crippen molar-refractivity contribution in [3.8, 4) is 5.75 Å². The molecule has 214 valence electrons. The number of hydrogen-bond acceptors (Lipinski definition) is 5. The molecule has 2 atom stereocenters. The van der Waals surface area contributed by atoms with Crippen molar-refractivity contribution in [2.45, 2.75) is 83.9 Å². The lowest BCUT2D eigenvalue weighted by Crippen LogP contribution is -2.48. The first kappa shape index (κ1) is 30.6. The van der Waals surface area contributed by atoms with Crippen LogP contribution in [0.2, 0.25) is 0 Å². The summed E-state index contributed by atoms with van der Waals surface area (Å²) in [5, 5.41) is 17.3. The van der Waals surface area contributed by atoms with Crippen LogP contribution in [0.1, 0.15) is 69.1 Å². The standard InChI is InChI=1S/C31H44FN3O4/c1-3-13-35-14-5-6-15-39-27-18-25(17-26(32)20-27)19-28(34-30(37)11-8-12-31(35)38)29(36)22-33-21-24-10-7-9-23(4-2)16-24/h7,9-10,16-18,20,28-29,33,36H,3-6,8,11-15,19,21-22H2,1-2H3,(H,34,37). The largest absolute Gasteiger partial charge is 0.493 e. The number of benzene rings is 2. The summed E-state index contributed by atoms with van der Waals surface area (Å²) < 4.78 is 20.3. The number of carbonyl (C=O) groups excluding carboxylic acids is 2. The smallest absolute Gasteiger partial charge is 0.222 e. The van der Waals surface area contributed by atoms with Gasteiger partial charge in [-0.3, -0.25) is 9.59 Å². The summed E-state index contributed by atoms with van der Waals surface area (Å²) in [4.78, 5) is 27.4. The first-order valence-corrected chi connectivity index (χ1v) is 14.3. The number of fused-ring (bicyclic) bond motifs is 2. The molecule has 0 aliphatic carbocycles. The van der Waals surface area contributed by atoms with E-state index in [1.807, 2.05) is 24.0 Å². The van der Waals surface area contributed by atoms with Gasteiger partial charge in [-0.1, -0.05) is 38.1 Å². The molecular formula is C31H44FN3O4. The minimum atomic E-state index is -0.903. The van der Waals surface area contributed by atoms with E-state index in [1.54, 1.807) is 6.07 Å². The number of amides is 2. The highest BCUT2D eigenvalue weighted by molar-refractivity contribution is 5.79. The van der Waals surface area contributed by atoms with Crippen molar-refractivity contribution in [1.29, 1.82) is 0 Å². The maximum Gasteiger partial charge on any atom is 0.222 e. The molecule has 2 amide bonds. The van der Waals surface area contributed by atoms with E-state index in [2.05, 4.69) is 29.7 Å². The Morgan fingerprint density at radius 2 is 1.92 bits per heavy atom. The zero-order chi connectivity index (χ0) is 28.0. The van der Waals surface area contributed by atoms with Crippen molar-refractivity contribution < 1.29 is 23.8 Å². The van der Waals surface area contributed by atoms with E-state index < -0.39 is 18.0 Å². The van der Waals surface area contributed by atoms with Crippen LogP contribution in [0, 0.1) is 5.82 Å². The zero-order valence-electron chi connectivity index (χ0n) is 23.4. The van der Waals surface area contributed by atoms with E-state index in [-0.39, 0.29) is 31.2 Å². The Labute approximate surface area is 232 Å². The third kappa shape index (κ3) is 10.6. The van der Waals surface area contributed by atoms with E-state index in [0.29, 0.717) is 50.4 Å². The minimum Gasteiger partial charge on any atom is -0.493 e. The molecule has 0 spiro atoms. The third-order valence-electron chi connectivity index (χ3n) is 7.01. The second-order valence-electron chi connectivity index (χ2n) is 10.3. The van der Waals surface area contributed by atoms with Crippen LogP contribution in [-0.2, 0) is 29.0 Å². The Balaban J connectivity index is 1.71. The molecular weight excluding hydrogens is 497 g/mol. The monoisotopic (exact) mass is 541 g/mol. The Bertz CT molecular complexity index is 1060. The van der Waals surface area contributed by atoms with Crippen molar-refractivity contribution in [2.75, 3.05) is 26.2 Å². The number of carbonyl (C=O) groups is 2. The first-order valence-electron chi connectivity index (χ1n) is 14.3. The predicted molar refractivity (Wildman–Crippen MR) is 151 cm³/mol. The van der Waals surface area contributed by atoms with Crippen molar-refractivity contribution in [1.82, 2.24) is 15.5 Å². The maximum atomic E-state index is 14.4. The van der Waals surface area contributed by atoms with E-state index in [4.69, 9.17) is 4.74 Å². The SMILES string of the molecule is CCCN1CCCCOc2cc(F)cc(c2)CC(C(O)CNCc2cccc(CC)c2)NC(=O)CCCC1=O. The predicted octanol–water partition coefficient (Wildman–Crippen LogP) is 4.15. The Hall–Kier alpha value is -2.97. The van der Waals surface area contributed by atoms with Crippen LogP contribution in [0.4, 0.5) is 4.39 Å². The number of hydrogen-bond donors (Lipinski definition) is 3. The molecule has 7 nitrogen and oxygen atoms in total. The van der Waals surface area contributed by atoms with Crippen LogP contribution in [0.3, 0.4) is 0 Å². The Kier molecular flexibility index (Phi) is 12.7. The van der Waals surface area contributed by atoms with Crippen molar-refractivity contribution in [3.63, 3.8) is 0 Å². The molecule has 2 unspecified atom stereocenters. The zero-order valence-corrected chi connectivity index (χ0v) is 23.4. The molecule has 1 aliphatic rings. The lowest BCUT2D eigenvalue weighted by atomic mass is 10.00. The average Bonchev–Trinajstić information content (AvgIpc) is 2.91. The average molecular weight is 542 g/mol. The van der Waals surface area contributed by atoms with Gasteiger partial charge in [0, 0.05) is 45.1 Å². The molecule has 3 rings (SSSR count). The highest BCUT2D eigenvalue weighted by atomic mass is 19.1. The van der Waals surface area contributed by atoms with E-state index >= 15 is 0 Å². The second-order valence-corrected chi connectivity index (χ2v) is 10.3. The van der Waals surface area contributed by atoms with Gasteiger partial charge in [0.1, 0.15) is 11.6 Å². The number of rotatable bonds is 8. The van der Waals surface area contributed by atoms with Gasteiger partial charge in [0.05, 0.1) is 18.8 Å². The number of nitrogens with one attached hydrogen (secondary N) is 2. The van der Waals surface area contributed by atoms with E-state index in [0.717, 1.165) is 31.2 Å². The molecule has 0 saturated carbocycles. The van der Waals surface area contributed by atoms with Gasteiger partial charge in [-0.25, -0.2) is 4.39 Å². The maximum absolute atomic E-state index is 14.4. The molecule has 1 aliphatic heterocycles. The van der Waals surface area contributed by atoms with Gasteiger partial charge < -0.3 is 25.4 Å². The number of ether oxygens (including phenoxy) is 1. The van der Waals surface area contributed by atoms with Gasteiger partial charge in [-0.05, 0) is 67.3 Å². The van der Waals surface area contributed by atoms with Crippen LogP contribution < -0.4 is 15.4 Å². The molecule has 3 N–H and O–H groups in total. The number of aliphatic hydroxyl groups is 1. The van der Waals surface area contributed by atoms with Gasteiger partial charge >= 0.3 is 0 Å². The number of halogens is 1. The van der Waals surface area contributed by atoms with Crippen LogP contribution >= 0.6 is 0 Å². The Morgan fingerprint density at radius 3 is 2.72 bits per heavy atom. The summed E-state index contributed by atoms with van der Waals surface area (Å²) in [6.45, 7) is 6.73. The fourth-order valence-electron chi connectivity index (χ4n) is 4.89. The summed E-state index contributed by atoms with van der Waals surface area (Å²) in [7, 11) is 0. The molecule has 0 aromatic heterocycles. The summed E-state index contributed by atoms with van der Waals surface area (Å²) in [6.07, 6.45) is 3.62. The molecule has 2 aromatic rings. The topological polar surface area (TPSA) is 90.9 Å². The van der Waals surface area contributed by atoms with Crippen LogP contribution in [-0.4, -0.2) is 60.2 Å². The van der Waals surface area contributed by atoms with Crippen molar-refractivity contribution in [2.24, 2.45) is 0 Å². The van der Waals surface area contributed by atoms with Gasteiger partial charge in [-0.2, -0.15) is 0 Å². The molecule has 0 radical (unpaired) electrons. The Morgan fingerprint density at radius 1 is 1.10 bits per heavy atom. The highest BCUT2D eigenvalue weighted by Gasteiger charge is 2.23. The molecule has 2 bridgehead atoms. The van der Waals surface area contributed by atoms with Gasteiger partial charge in [0.25, 0.3) is 0 Å². The summed E-state index contributed by atoms with van der Waals surface area (Å²) in [5.74, 6) is -0.184. The summed E-state index contributed by atoms with van der Waals surface area (Å²) >= 11 is 0. The lowest BCUT2D eigenvalue weighted by molar-refractivity contribution is -0.131. The van der Waals surface area contributed by atoms with Crippen molar-refractivity contribution in [3.05, 3.63) is 65.0 Å². The van der Waals surface area contributed by atoms with Crippen LogP contribution in [0.25, 0.3) is 0 Å². The highest BCUT2D eigenvalue weighted by Crippen LogP contribution is 2.19. The molecule has 2 aromatic carbocycles. The van der Waals surface area contributed by atoms with Crippen LogP contribution in [0.15, 0.2) is 42.5 Å². The van der Waals surface area contributed by atoms with Gasteiger partial charge in [-0.15, -0.1) is 0 Å². The van der Waals surface area contributed by atoms with E-state index in [9.17, 15) is 19.1 Å². The lowest BCUT2D eigenvalue weighted by Gasteiger charge is -2.25. The van der Waals surface area contributed by atoms with Crippen molar-refractivity contribution >= 4 is 11.8 Å². The molecule has 39 heavy (non-hydrogen) atoms. The fraction of sp³-hybridized carbons (Fsp3) is 0.548. The number of aliphatic hydroxyl groups excluding tert-OH is 1. The normalized spacial score (nSPS) is 18.7. The summed E-state index contributed by atoms with van der Waals surface area (Å²) in [6, 6.07) is 12.2. The fourth-order valence-corrected chi connectivity index (χ4v) is 4.89. The quantitative estimate of drug-likeness (QED) is 0.467. The number of nitrogens with zero attached hydrogens (tertiary/aromatic N) is 1. The minimum absolute atomic E-state index is 0.0523. The first-order chi connectivity index (χ1) is 18.9.